The molecule has 0 aliphatic rings. The van der Waals surface area contributed by atoms with Crippen LogP contribution in [0.5, 0.6) is 0 Å². The van der Waals surface area contributed by atoms with Crippen LogP contribution in [0.4, 0.5) is 5.69 Å². The highest BCUT2D eigenvalue weighted by atomic mass is 35.5. The van der Waals surface area contributed by atoms with Gasteiger partial charge in [0.2, 0.25) is 5.91 Å². The van der Waals surface area contributed by atoms with Crippen LogP contribution in [-0.4, -0.2) is 28.5 Å². The molecule has 0 aromatic heterocycles. The van der Waals surface area contributed by atoms with Crippen molar-refractivity contribution in [2.45, 2.75) is 0 Å². The SMILES string of the molecule is N#Cc1cc(NC(=O)CSCC(=O)O)ccc1Cl. The van der Waals surface area contributed by atoms with Gasteiger partial charge in [0.05, 0.1) is 22.1 Å². The highest BCUT2D eigenvalue weighted by Crippen LogP contribution is 2.19. The molecule has 0 aliphatic carbocycles. The molecular weight excluding hydrogens is 276 g/mol. The van der Waals surface area contributed by atoms with Gasteiger partial charge in [0, 0.05) is 5.69 Å². The van der Waals surface area contributed by atoms with Gasteiger partial charge in [0.25, 0.3) is 0 Å². The fourth-order valence-electron chi connectivity index (χ4n) is 1.12. The molecule has 0 aliphatic heterocycles. The molecule has 1 rings (SSSR count). The van der Waals surface area contributed by atoms with Crippen LogP contribution in [0.2, 0.25) is 5.02 Å². The molecule has 7 heteroatoms. The molecule has 0 saturated carbocycles. The summed E-state index contributed by atoms with van der Waals surface area (Å²) in [5, 5.41) is 20.0. The van der Waals surface area contributed by atoms with E-state index in [0.29, 0.717) is 10.7 Å². The standard InChI is InChI=1S/C11H9ClN2O3S/c12-9-2-1-8(3-7(9)4-13)14-10(15)5-18-6-11(16)17/h1-3H,5-6H2,(H,14,15)(H,16,17). The van der Waals surface area contributed by atoms with Gasteiger partial charge in [0.1, 0.15) is 6.07 Å². The third kappa shape index (κ3) is 4.65. The number of aliphatic carboxylic acids is 1. The first kappa shape index (κ1) is 14.4. The first-order valence-corrected chi connectivity index (χ1v) is 6.35. The van der Waals surface area contributed by atoms with E-state index in [1.54, 1.807) is 6.07 Å². The number of carboxylic acid groups (broad SMARTS) is 1. The molecular formula is C11H9ClN2O3S. The number of carboxylic acids is 1. The van der Waals surface area contributed by atoms with Crippen molar-refractivity contribution in [3.63, 3.8) is 0 Å². The van der Waals surface area contributed by atoms with E-state index in [-0.39, 0.29) is 23.0 Å². The van der Waals surface area contributed by atoms with Crippen LogP contribution in [0.3, 0.4) is 0 Å². The number of nitrogens with zero attached hydrogens (tertiary/aromatic N) is 1. The van der Waals surface area contributed by atoms with Gasteiger partial charge in [-0.1, -0.05) is 11.6 Å². The summed E-state index contributed by atoms with van der Waals surface area (Å²) in [7, 11) is 0. The maximum atomic E-state index is 11.4. The third-order valence-electron chi connectivity index (χ3n) is 1.83. The Bertz CT molecular complexity index is 514. The Hall–Kier alpha value is -1.71. The minimum atomic E-state index is -0.967. The van der Waals surface area contributed by atoms with E-state index in [0.717, 1.165) is 11.8 Å². The molecule has 94 valence electrons. The van der Waals surface area contributed by atoms with Crippen molar-refractivity contribution in [3.05, 3.63) is 28.8 Å². The summed E-state index contributed by atoms with van der Waals surface area (Å²) in [5.41, 5.74) is 0.726. The van der Waals surface area contributed by atoms with E-state index >= 15 is 0 Å². The average molecular weight is 285 g/mol. The van der Waals surface area contributed by atoms with Crippen LogP contribution in [-0.2, 0) is 9.59 Å². The number of anilines is 1. The van der Waals surface area contributed by atoms with Crippen LogP contribution in [0.1, 0.15) is 5.56 Å². The number of nitriles is 1. The van der Waals surface area contributed by atoms with Gasteiger partial charge >= 0.3 is 5.97 Å². The predicted octanol–water partition coefficient (Wildman–Crippen LogP) is 1.97. The zero-order valence-corrected chi connectivity index (χ0v) is 10.7. The second kappa shape index (κ2) is 6.89. The lowest BCUT2D eigenvalue weighted by Crippen LogP contribution is -2.15. The van der Waals surface area contributed by atoms with E-state index in [1.807, 2.05) is 6.07 Å². The van der Waals surface area contributed by atoms with E-state index in [2.05, 4.69) is 5.32 Å². The summed E-state index contributed by atoms with van der Waals surface area (Å²) >= 11 is 6.75. The summed E-state index contributed by atoms with van der Waals surface area (Å²) in [4.78, 5) is 21.7. The lowest BCUT2D eigenvalue weighted by atomic mass is 10.2. The molecule has 18 heavy (non-hydrogen) atoms. The van der Waals surface area contributed by atoms with Crippen molar-refractivity contribution in [1.82, 2.24) is 0 Å². The maximum absolute atomic E-state index is 11.4. The topological polar surface area (TPSA) is 90.2 Å². The smallest absolute Gasteiger partial charge is 0.313 e. The number of carbonyl (C=O) groups excluding carboxylic acids is 1. The maximum Gasteiger partial charge on any atom is 0.313 e. The van der Waals surface area contributed by atoms with Crippen molar-refractivity contribution in [2.75, 3.05) is 16.8 Å². The molecule has 0 saturated heterocycles. The van der Waals surface area contributed by atoms with Gasteiger partial charge < -0.3 is 10.4 Å². The molecule has 0 unspecified atom stereocenters. The number of nitrogens with one attached hydrogen (secondary N) is 1. The van der Waals surface area contributed by atoms with Crippen molar-refractivity contribution in [3.8, 4) is 6.07 Å². The minimum Gasteiger partial charge on any atom is -0.481 e. The monoisotopic (exact) mass is 284 g/mol. The third-order valence-corrected chi connectivity index (χ3v) is 3.08. The fourth-order valence-corrected chi connectivity index (χ4v) is 1.81. The van der Waals surface area contributed by atoms with E-state index in [9.17, 15) is 9.59 Å². The zero-order chi connectivity index (χ0) is 13.5. The van der Waals surface area contributed by atoms with Crippen LogP contribution in [0.25, 0.3) is 0 Å². The van der Waals surface area contributed by atoms with Crippen LogP contribution in [0.15, 0.2) is 18.2 Å². The predicted molar refractivity (Wildman–Crippen MR) is 69.8 cm³/mol. The van der Waals surface area contributed by atoms with Crippen molar-refractivity contribution < 1.29 is 14.7 Å². The Balaban J connectivity index is 2.55. The first-order valence-electron chi connectivity index (χ1n) is 4.82. The largest absolute Gasteiger partial charge is 0.481 e. The Morgan fingerprint density at radius 3 is 2.78 bits per heavy atom. The van der Waals surface area contributed by atoms with Crippen molar-refractivity contribution in [1.29, 1.82) is 5.26 Å². The van der Waals surface area contributed by atoms with Gasteiger partial charge in [-0.15, -0.1) is 11.8 Å². The quantitative estimate of drug-likeness (QED) is 0.863. The van der Waals surface area contributed by atoms with Gasteiger partial charge in [-0.3, -0.25) is 9.59 Å². The lowest BCUT2D eigenvalue weighted by molar-refractivity contribution is -0.133. The molecule has 0 atom stereocenters. The molecule has 0 bridgehead atoms. The van der Waals surface area contributed by atoms with E-state index < -0.39 is 5.97 Å². The van der Waals surface area contributed by atoms with Crippen LogP contribution in [0, 0.1) is 11.3 Å². The zero-order valence-electron chi connectivity index (χ0n) is 9.14. The average Bonchev–Trinajstić information content (AvgIpc) is 2.31. The molecule has 1 amide bonds. The lowest BCUT2D eigenvalue weighted by Gasteiger charge is -2.05. The molecule has 2 N–H and O–H groups in total. The minimum absolute atomic E-state index is 0.0385. The second-order valence-electron chi connectivity index (χ2n) is 3.24. The van der Waals surface area contributed by atoms with Gasteiger partial charge in [-0.25, -0.2) is 0 Å². The molecule has 0 spiro atoms. The summed E-state index contributed by atoms with van der Waals surface area (Å²) in [5.74, 6) is -1.38. The molecule has 0 radical (unpaired) electrons. The Morgan fingerprint density at radius 2 is 2.17 bits per heavy atom. The van der Waals surface area contributed by atoms with Gasteiger partial charge in [0.15, 0.2) is 0 Å². The highest BCUT2D eigenvalue weighted by molar-refractivity contribution is 8.00. The summed E-state index contributed by atoms with van der Waals surface area (Å²) in [6, 6.07) is 6.45. The van der Waals surface area contributed by atoms with Crippen LogP contribution < -0.4 is 5.32 Å². The van der Waals surface area contributed by atoms with Gasteiger partial charge in [-0.2, -0.15) is 5.26 Å². The normalized spacial score (nSPS) is 9.56. The Labute approximate surface area is 113 Å². The van der Waals surface area contributed by atoms with E-state index in [1.165, 1.54) is 12.1 Å². The number of amides is 1. The number of hydrogen-bond donors (Lipinski definition) is 2. The Morgan fingerprint density at radius 1 is 1.44 bits per heavy atom. The van der Waals surface area contributed by atoms with E-state index in [4.69, 9.17) is 22.0 Å². The Kier molecular flexibility index (Phi) is 5.49. The van der Waals surface area contributed by atoms with Crippen LogP contribution >= 0.6 is 23.4 Å². The summed E-state index contributed by atoms with van der Waals surface area (Å²) in [6.45, 7) is 0. The fraction of sp³-hybridized carbons (Fsp3) is 0.182. The molecule has 0 heterocycles. The number of thioether (sulfide) groups is 1. The number of carbonyl (C=O) groups is 2. The first-order chi connectivity index (χ1) is 8.52. The summed E-state index contributed by atoms with van der Waals surface area (Å²) < 4.78 is 0. The van der Waals surface area contributed by atoms with Crippen molar-refractivity contribution in [2.24, 2.45) is 0 Å². The summed E-state index contributed by atoms with van der Waals surface area (Å²) in [6.07, 6.45) is 0. The molecule has 1 aromatic carbocycles. The number of halogens is 1. The molecule has 1 aromatic rings. The number of benzene rings is 1. The second-order valence-corrected chi connectivity index (χ2v) is 4.63. The number of hydrogen-bond acceptors (Lipinski definition) is 4. The van der Waals surface area contributed by atoms with Gasteiger partial charge in [-0.05, 0) is 18.2 Å². The highest BCUT2D eigenvalue weighted by Gasteiger charge is 2.06. The number of rotatable bonds is 5. The molecule has 5 nitrogen and oxygen atoms in total. The molecule has 0 fully saturated rings. The van der Waals surface area contributed by atoms with Crippen molar-refractivity contribution >= 4 is 40.9 Å².